The molecule has 1 unspecified atom stereocenters. The summed E-state index contributed by atoms with van der Waals surface area (Å²) in [5.41, 5.74) is 2.47. The first-order valence-corrected chi connectivity index (χ1v) is 7.73. The zero-order chi connectivity index (χ0) is 15.6. The normalized spacial score (nSPS) is 20.4. The van der Waals surface area contributed by atoms with Crippen molar-refractivity contribution in [3.63, 3.8) is 0 Å². The van der Waals surface area contributed by atoms with Crippen molar-refractivity contribution in [3.05, 3.63) is 57.5 Å². The molecule has 0 aliphatic heterocycles. The largest absolute Gasteiger partial charge is 0.352 e. The molecule has 5 nitrogen and oxygen atoms in total. The van der Waals surface area contributed by atoms with Crippen molar-refractivity contribution in [3.8, 4) is 0 Å². The van der Waals surface area contributed by atoms with Crippen LogP contribution >= 0.6 is 0 Å². The van der Waals surface area contributed by atoms with Gasteiger partial charge in [0, 0.05) is 28.8 Å². The molecule has 3 N–H and O–H groups in total. The van der Waals surface area contributed by atoms with Gasteiger partial charge in [0.1, 0.15) is 0 Å². The SMILES string of the molecule is CC1(CCNC(=O)c2ccccc2)CCCc2c1[nH][nH]c2=O. The van der Waals surface area contributed by atoms with E-state index < -0.39 is 0 Å². The number of hydrogen-bond acceptors (Lipinski definition) is 2. The number of rotatable bonds is 4. The highest BCUT2D eigenvalue weighted by molar-refractivity contribution is 5.94. The Hall–Kier alpha value is -2.30. The number of H-pyrrole nitrogens is 2. The van der Waals surface area contributed by atoms with Crippen LogP contribution in [-0.2, 0) is 11.8 Å². The third kappa shape index (κ3) is 2.71. The molecule has 1 aliphatic rings. The minimum absolute atomic E-state index is 0.00533. The van der Waals surface area contributed by atoms with Crippen LogP contribution in [0.15, 0.2) is 35.1 Å². The second-order valence-electron chi connectivity index (χ2n) is 6.22. The lowest BCUT2D eigenvalue weighted by atomic mass is 9.73. The minimum Gasteiger partial charge on any atom is -0.352 e. The molecule has 1 amide bonds. The van der Waals surface area contributed by atoms with E-state index in [0.29, 0.717) is 12.1 Å². The molecule has 0 bridgehead atoms. The molecule has 0 saturated heterocycles. The van der Waals surface area contributed by atoms with Gasteiger partial charge in [0.2, 0.25) is 0 Å². The van der Waals surface area contributed by atoms with Crippen molar-refractivity contribution >= 4 is 5.91 Å². The summed E-state index contributed by atoms with van der Waals surface area (Å²) in [6.45, 7) is 2.75. The molecule has 5 heteroatoms. The summed E-state index contributed by atoms with van der Waals surface area (Å²) < 4.78 is 0. The highest BCUT2D eigenvalue weighted by Crippen LogP contribution is 2.36. The Bertz CT molecular complexity index is 717. The van der Waals surface area contributed by atoms with Crippen molar-refractivity contribution in [2.75, 3.05) is 6.54 Å². The molecule has 0 saturated carbocycles. The molecule has 1 aliphatic carbocycles. The minimum atomic E-state index is -0.0866. The van der Waals surface area contributed by atoms with Gasteiger partial charge in [-0.15, -0.1) is 0 Å². The first-order valence-electron chi connectivity index (χ1n) is 7.73. The topological polar surface area (TPSA) is 77.8 Å². The van der Waals surface area contributed by atoms with E-state index in [1.54, 1.807) is 12.1 Å². The van der Waals surface area contributed by atoms with Crippen LogP contribution in [0.5, 0.6) is 0 Å². The fourth-order valence-corrected chi connectivity index (χ4v) is 3.31. The molecule has 1 aromatic heterocycles. The van der Waals surface area contributed by atoms with Gasteiger partial charge in [0.25, 0.3) is 11.5 Å². The maximum atomic E-state index is 12.1. The molecule has 1 atom stereocenters. The summed E-state index contributed by atoms with van der Waals surface area (Å²) in [5.74, 6) is -0.0530. The molecule has 1 aromatic carbocycles. The van der Waals surface area contributed by atoms with E-state index in [1.165, 1.54) is 0 Å². The summed E-state index contributed by atoms with van der Waals surface area (Å²) in [4.78, 5) is 23.8. The molecule has 2 aromatic rings. The van der Waals surface area contributed by atoms with E-state index >= 15 is 0 Å². The van der Waals surface area contributed by atoms with Gasteiger partial charge in [-0.3, -0.25) is 14.7 Å². The third-order valence-corrected chi connectivity index (χ3v) is 4.63. The number of benzene rings is 1. The number of aromatic nitrogens is 2. The smallest absolute Gasteiger partial charge is 0.267 e. The third-order valence-electron chi connectivity index (χ3n) is 4.63. The van der Waals surface area contributed by atoms with Crippen LogP contribution in [0, 0.1) is 0 Å². The molecule has 22 heavy (non-hydrogen) atoms. The fourth-order valence-electron chi connectivity index (χ4n) is 3.31. The number of carbonyl (C=O) groups excluding carboxylic acids is 1. The van der Waals surface area contributed by atoms with Crippen LogP contribution in [0.2, 0.25) is 0 Å². The van der Waals surface area contributed by atoms with Gasteiger partial charge >= 0.3 is 0 Å². The van der Waals surface area contributed by atoms with Crippen LogP contribution in [0.25, 0.3) is 0 Å². The zero-order valence-corrected chi connectivity index (χ0v) is 12.7. The number of amides is 1. The van der Waals surface area contributed by atoms with Crippen molar-refractivity contribution in [1.82, 2.24) is 15.5 Å². The zero-order valence-electron chi connectivity index (χ0n) is 12.7. The predicted octanol–water partition coefficient (Wildman–Crippen LogP) is 2.12. The molecule has 116 valence electrons. The molecule has 1 heterocycles. The van der Waals surface area contributed by atoms with E-state index in [2.05, 4.69) is 22.4 Å². The van der Waals surface area contributed by atoms with Crippen molar-refractivity contribution in [2.24, 2.45) is 0 Å². The lowest BCUT2D eigenvalue weighted by Gasteiger charge is -2.33. The molecular weight excluding hydrogens is 278 g/mol. The fraction of sp³-hybridized carbons (Fsp3) is 0.412. The lowest BCUT2D eigenvalue weighted by Crippen LogP contribution is -2.34. The average molecular weight is 299 g/mol. The van der Waals surface area contributed by atoms with Gasteiger partial charge in [-0.05, 0) is 37.8 Å². The highest BCUT2D eigenvalue weighted by atomic mass is 16.1. The van der Waals surface area contributed by atoms with Gasteiger partial charge in [0.15, 0.2) is 0 Å². The highest BCUT2D eigenvalue weighted by Gasteiger charge is 2.34. The van der Waals surface area contributed by atoms with Gasteiger partial charge in [0.05, 0.1) is 0 Å². The Morgan fingerprint density at radius 3 is 2.82 bits per heavy atom. The number of aromatic amines is 2. The van der Waals surface area contributed by atoms with Crippen molar-refractivity contribution in [2.45, 2.75) is 38.0 Å². The lowest BCUT2D eigenvalue weighted by molar-refractivity contribution is 0.0950. The summed E-state index contributed by atoms with van der Waals surface area (Å²) in [6, 6.07) is 9.21. The summed E-state index contributed by atoms with van der Waals surface area (Å²) in [6.07, 6.45) is 3.68. The second kappa shape index (κ2) is 5.83. The van der Waals surface area contributed by atoms with Crippen LogP contribution in [0.1, 0.15) is 47.8 Å². The Morgan fingerprint density at radius 2 is 2.05 bits per heavy atom. The van der Waals surface area contributed by atoms with Gasteiger partial charge < -0.3 is 10.4 Å². The van der Waals surface area contributed by atoms with Crippen molar-refractivity contribution in [1.29, 1.82) is 0 Å². The maximum absolute atomic E-state index is 12.1. The van der Waals surface area contributed by atoms with Crippen molar-refractivity contribution < 1.29 is 4.79 Å². The van der Waals surface area contributed by atoms with E-state index in [4.69, 9.17) is 0 Å². The monoisotopic (exact) mass is 299 g/mol. The summed E-state index contributed by atoms with van der Waals surface area (Å²) >= 11 is 0. The number of hydrogen-bond donors (Lipinski definition) is 3. The van der Waals surface area contributed by atoms with E-state index in [0.717, 1.165) is 36.9 Å². The quantitative estimate of drug-likeness (QED) is 0.808. The molecule has 0 fully saturated rings. The molecular formula is C17H21N3O2. The number of fused-ring (bicyclic) bond motifs is 1. The summed E-state index contributed by atoms with van der Waals surface area (Å²) in [7, 11) is 0. The van der Waals surface area contributed by atoms with E-state index in [9.17, 15) is 9.59 Å². The van der Waals surface area contributed by atoms with Gasteiger partial charge in [-0.1, -0.05) is 25.1 Å². The first-order chi connectivity index (χ1) is 10.6. The van der Waals surface area contributed by atoms with E-state index in [1.807, 2.05) is 18.2 Å². The van der Waals surface area contributed by atoms with E-state index in [-0.39, 0.29) is 16.9 Å². The van der Waals surface area contributed by atoms with Crippen LogP contribution in [0.4, 0.5) is 0 Å². The van der Waals surface area contributed by atoms with Crippen LogP contribution < -0.4 is 10.9 Å². The Balaban J connectivity index is 1.65. The Kier molecular flexibility index (Phi) is 3.88. The van der Waals surface area contributed by atoms with Crippen LogP contribution in [-0.4, -0.2) is 22.6 Å². The Morgan fingerprint density at radius 1 is 1.27 bits per heavy atom. The molecule has 3 rings (SSSR count). The standard InChI is InChI=1S/C17H21N3O2/c1-17(9-5-8-13-14(17)19-20-16(13)22)10-11-18-15(21)12-6-3-2-4-7-12/h2-4,6-7H,5,8-11H2,1H3,(H,18,21)(H2,19,20,22). The maximum Gasteiger partial charge on any atom is 0.267 e. The summed E-state index contributed by atoms with van der Waals surface area (Å²) in [5, 5.41) is 8.70. The second-order valence-corrected chi connectivity index (χ2v) is 6.22. The predicted molar refractivity (Wildman–Crippen MR) is 85.1 cm³/mol. The Labute approximate surface area is 129 Å². The molecule has 0 radical (unpaired) electrons. The number of nitrogens with one attached hydrogen (secondary N) is 3. The van der Waals surface area contributed by atoms with Gasteiger partial charge in [-0.2, -0.15) is 0 Å². The average Bonchev–Trinajstić information content (AvgIpc) is 2.91. The number of carbonyl (C=O) groups is 1. The van der Waals surface area contributed by atoms with Gasteiger partial charge in [-0.25, -0.2) is 0 Å². The molecule has 0 spiro atoms. The van der Waals surface area contributed by atoms with Crippen LogP contribution in [0.3, 0.4) is 0 Å². The first kappa shape index (κ1) is 14.6.